The van der Waals surface area contributed by atoms with Gasteiger partial charge in [0.05, 0.1) is 13.2 Å². The van der Waals surface area contributed by atoms with Gasteiger partial charge in [0.15, 0.2) is 5.96 Å². The Balaban J connectivity index is 0.00000192. The minimum absolute atomic E-state index is 0. The fourth-order valence-corrected chi connectivity index (χ4v) is 2.20. The molecule has 1 aliphatic rings. The Kier molecular flexibility index (Phi) is 6.60. The lowest BCUT2D eigenvalue weighted by atomic mass is 10.2. The third kappa shape index (κ3) is 4.79. The molecule has 2 aromatic rings. The Morgan fingerprint density at radius 2 is 1.96 bits per heavy atom. The van der Waals surface area contributed by atoms with E-state index in [9.17, 15) is 0 Å². The molecule has 0 saturated carbocycles. The van der Waals surface area contributed by atoms with Crippen LogP contribution in [0.15, 0.2) is 33.8 Å². The van der Waals surface area contributed by atoms with Crippen LogP contribution in [0.3, 0.4) is 0 Å². The molecule has 7 nitrogen and oxygen atoms in total. The molecule has 1 aromatic heterocycles. The van der Waals surface area contributed by atoms with E-state index < -0.39 is 0 Å². The largest absolute Gasteiger partial charge is 0.378 e. The molecule has 124 valence electrons. The van der Waals surface area contributed by atoms with Crippen LogP contribution in [0.25, 0.3) is 11.4 Å². The number of aliphatic imine (C=N–C) groups is 1. The lowest BCUT2D eigenvalue weighted by Gasteiger charge is -2.27. The van der Waals surface area contributed by atoms with Crippen molar-refractivity contribution in [2.45, 2.75) is 6.54 Å². The van der Waals surface area contributed by atoms with Crippen molar-refractivity contribution in [1.29, 1.82) is 0 Å². The summed E-state index contributed by atoms with van der Waals surface area (Å²) in [6.45, 7) is 3.07. The van der Waals surface area contributed by atoms with E-state index in [2.05, 4.69) is 15.1 Å². The predicted molar refractivity (Wildman–Crippen MR) is 97.9 cm³/mol. The zero-order chi connectivity index (χ0) is 15.4. The second-order valence-electron chi connectivity index (χ2n) is 4.79. The second kappa shape index (κ2) is 8.46. The summed E-state index contributed by atoms with van der Waals surface area (Å²) in [6, 6.07) is 7.23. The molecule has 1 aromatic carbocycles. The van der Waals surface area contributed by atoms with E-state index in [0.717, 1.165) is 18.7 Å². The number of nitrogens with zero attached hydrogens (tertiary/aromatic N) is 4. The molecule has 0 unspecified atom stereocenters. The van der Waals surface area contributed by atoms with Gasteiger partial charge in [-0.1, -0.05) is 16.8 Å². The number of morpholine rings is 1. The molecule has 9 heteroatoms. The van der Waals surface area contributed by atoms with E-state index in [0.29, 0.717) is 35.9 Å². The number of rotatable bonds is 3. The van der Waals surface area contributed by atoms with Crippen LogP contribution in [0.2, 0.25) is 5.02 Å². The number of hydrogen-bond donors (Lipinski definition) is 1. The van der Waals surface area contributed by atoms with Gasteiger partial charge < -0.3 is 19.9 Å². The highest BCUT2D eigenvalue weighted by atomic mass is 127. The molecular formula is C14H17ClIN5O2. The minimum atomic E-state index is 0. The lowest BCUT2D eigenvalue weighted by Crippen LogP contribution is -2.44. The summed E-state index contributed by atoms with van der Waals surface area (Å²) in [4.78, 5) is 10.6. The Morgan fingerprint density at radius 1 is 1.26 bits per heavy atom. The molecule has 23 heavy (non-hydrogen) atoms. The lowest BCUT2D eigenvalue weighted by molar-refractivity contribution is 0.0674. The van der Waals surface area contributed by atoms with Gasteiger partial charge in [0.25, 0.3) is 0 Å². The summed E-state index contributed by atoms with van der Waals surface area (Å²) in [6.07, 6.45) is 0. The Hall–Kier alpha value is -1.39. The van der Waals surface area contributed by atoms with Crippen LogP contribution in [0, 0.1) is 0 Å². The zero-order valence-corrected chi connectivity index (χ0v) is 15.4. The van der Waals surface area contributed by atoms with Crippen molar-refractivity contribution in [3.05, 3.63) is 35.2 Å². The maximum absolute atomic E-state index is 5.95. The highest BCUT2D eigenvalue weighted by Gasteiger charge is 2.13. The van der Waals surface area contributed by atoms with E-state index >= 15 is 0 Å². The predicted octanol–water partition coefficient (Wildman–Crippen LogP) is 2.15. The first-order chi connectivity index (χ1) is 10.7. The van der Waals surface area contributed by atoms with Gasteiger partial charge in [0.2, 0.25) is 11.7 Å². The molecule has 0 aliphatic carbocycles. The van der Waals surface area contributed by atoms with Crippen molar-refractivity contribution in [3.8, 4) is 11.4 Å². The summed E-state index contributed by atoms with van der Waals surface area (Å²) in [5.41, 5.74) is 6.78. The van der Waals surface area contributed by atoms with Crippen LogP contribution in [0.5, 0.6) is 0 Å². The first-order valence-corrected chi connectivity index (χ1v) is 7.31. The topological polar surface area (TPSA) is 89.8 Å². The summed E-state index contributed by atoms with van der Waals surface area (Å²) < 4.78 is 10.5. The Morgan fingerprint density at radius 3 is 2.65 bits per heavy atom. The van der Waals surface area contributed by atoms with Gasteiger partial charge >= 0.3 is 0 Å². The van der Waals surface area contributed by atoms with Crippen LogP contribution >= 0.6 is 35.6 Å². The molecule has 0 spiro atoms. The molecule has 1 fully saturated rings. The van der Waals surface area contributed by atoms with Crippen molar-refractivity contribution in [2.75, 3.05) is 26.3 Å². The fourth-order valence-electron chi connectivity index (χ4n) is 2.08. The molecule has 2 heterocycles. The number of hydrogen-bond acceptors (Lipinski definition) is 5. The third-order valence-electron chi connectivity index (χ3n) is 3.28. The fraction of sp³-hybridized carbons (Fsp3) is 0.357. The van der Waals surface area contributed by atoms with Gasteiger partial charge in [0.1, 0.15) is 6.54 Å². The van der Waals surface area contributed by atoms with Crippen molar-refractivity contribution < 1.29 is 9.26 Å². The van der Waals surface area contributed by atoms with E-state index in [-0.39, 0.29) is 30.5 Å². The van der Waals surface area contributed by atoms with Crippen LogP contribution in [-0.2, 0) is 11.3 Å². The maximum Gasteiger partial charge on any atom is 0.248 e. The quantitative estimate of drug-likeness (QED) is 0.439. The number of aromatic nitrogens is 2. The van der Waals surface area contributed by atoms with Gasteiger partial charge in [-0.25, -0.2) is 4.99 Å². The number of benzene rings is 1. The van der Waals surface area contributed by atoms with Crippen molar-refractivity contribution in [2.24, 2.45) is 10.7 Å². The van der Waals surface area contributed by atoms with Crippen LogP contribution in [-0.4, -0.2) is 47.3 Å². The van der Waals surface area contributed by atoms with Gasteiger partial charge in [-0.05, 0) is 24.3 Å². The van der Waals surface area contributed by atoms with Crippen molar-refractivity contribution >= 4 is 41.5 Å². The van der Waals surface area contributed by atoms with E-state index in [1.807, 2.05) is 17.0 Å². The average molecular weight is 450 g/mol. The number of ether oxygens (including phenoxy) is 1. The van der Waals surface area contributed by atoms with Crippen molar-refractivity contribution in [1.82, 2.24) is 15.0 Å². The molecule has 0 bridgehead atoms. The number of nitrogens with two attached hydrogens (primary N) is 1. The van der Waals surface area contributed by atoms with Gasteiger partial charge in [-0.3, -0.25) is 0 Å². The molecule has 3 rings (SSSR count). The zero-order valence-electron chi connectivity index (χ0n) is 12.3. The Bertz CT molecular complexity index is 655. The van der Waals surface area contributed by atoms with Crippen LogP contribution < -0.4 is 5.73 Å². The average Bonchev–Trinajstić information content (AvgIpc) is 3.03. The van der Waals surface area contributed by atoms with Crippen LogP contribution in [0.4, 0.5) is 0 Å². The summed E-state index contributed by atoms with van der Waals surface area (Å²) >= 11 is 5.85. The Labute approximate surface area is 155 Å². The highest BCUT2D eigenvalue weighted by Crippen LogP contribution is 2.18. The van der Waals surface area contributed by atoms with Gasteiger partial charge in [-0.15, -0.1) is 24.0 Å². The monoisotopic (exact) mass is 449 g/mol. The van der Waals surface area contributed by atoms with Gasteiger partial charge in [0, 0.05) is 23.7 Å². The first-order valence-electron chi connectivity index (χ1n) is 6.93. The molecule has 2 N–H and O–H groups in total. The molecule has 1 saturated heterocycles. The van der Waals surface area contributed by atoms with E-state index in [1.54, 1.807) is 12.1 Å². The van der Waals surface area contributed by atoms with E-state index in [1.165, 1.54) is 0 Å². The molecule has 0 radical (unpaired) electrons. The number of guanidine groups is 1. The highest BCUT2D eigenvalue weighted by molar-refractivity contribution is 14.0. The summed E-state index contributed by atoms with van der Waals surface area (Å²) in [5.74, 6) is 1.39. The van der Waals surface area contributed by atoms with Crippen molar-refractivity contribution in [3.63, 3.8) is 0 Å². The molecular weight excluding hydrogens is 433 g/mol. The van der Waals surface area contributed by atoms with E-state index in [4.69, 9.17) is 26.6 Å². The standard InChI is InChI=1S/C14H16ClN5O2.HI/c15-11-3-1-10(2-4-11)13-18-12(22-19-13)9-17-14(16)20-5-7-21-8-6-20;/h1-4H,5-9H2,(H2,16,17);1H. The minimum Gasteiger partial charge on any atom is -0.378 e. The summed E-state index contributed by atoms with van der Waals surface area (Å²) in [5, 5.41) is 4.60. The normalized spacial score (nSPS) is 15.3. The van der Waals surface area contributed by atoms with Crippen LogP contribution in [0.1, 0.15) is 5.89 Å². The SMILES string of the molecule is I.NC(=NCc1nc(-c2ccc(Cl)cc2)no1)N1CCOCC1. The summed E-state index contributed by atoms with van der Waals surface area (Å²) in [7, 11) is 0. The smallest absolute Gasteiger partial charge is 0.248 e. The molecule has 0 atom stereocenters. The van der Waals surface area contributed by atoms with Gasteiger partial charge in [-0.2, -0.15) is 4.98 Å². The first kappa shape index (κ1) is 18.0. The molecule has 0 amide bonds. The molecule has 1 aliphatic heterocycles. The third-order valence-corrected chi connectivity index (χ3v) is 3.53. The number of halogens is 2. The second-order valence-corrected chi connectivity index (χ2v) is 5.23. The maximum atomic E-state index is 5.95.